The minimum absolute atomic E-state index is 0.0351. The van der Waals surface area contributed by atoms with Gasteiger partial charge < -0.3 is 19.7 Å². The largest absolute Gasteiger partial charge is 0.477 e. The van der Waals surface area contributed by atoms with E-state index in [0.29, 0.717) is 60.3 Å². The summed E-state index contributed by atoms with van der Waals surface area (Å²) in [7, 11) is 0. The van der Waals surface area contributed by atoms with Gasteiger partial charge in [-0.1, -0.05) is 31.2 Å². The first kappa shape index (κ1) is 28.8. The molecule has 3 fully saturated rings. The average molecular weight is 619 g/mol. The topological polar surface area (TPSA) is 75.6 Å². The summed E-state index contributed by atoms with van der Waals surface area (Å²) in [5, 5.41) is 5.38. The van der Waals surface area contributed by atoms with Gasteiger partial charge in [0.1, 0.15) is 41.0 Å². The van der Waals surface area contributed by atoms with Crippen LogP contribution in [0.4, 0.5) is 19.0 Å². The van der Waals surface area contributed by atoms with Gasteiger partial charge in [0, 0.05) is 50.1 Å². The predicted octanol–water partition coefficient (Wildman–Crippen LogP) is 5.73. The molecule has 2 aromatic carbocycles. The first-order valence-electron chi connectivity index (χ1n) is 16.1. The number of aryl methyl sites for hydroxylation is 1. The number of anilines is 1. The Morgan fingerprint density at radius 2 is 2.00 bits per heavy atom. The Balaban J connectivity index is 1.32. The van der Waals surface area contributed by atoms with Crippen LogP contribution in [0.2, 0.25) is 0 Å². The zero-order valence-corrected chi connectivity index (χ0v) is 25.6. The molecule has 0 unspecified atom stereocenters. The van der Waals surface area contributed by atoms with Crippen LogP contribution < -0.4 is 19.7 Å². The molecule has 0 amide bonds. The molecule has 4 aromatic rings. The normalized spacial score (nSPS) is 26.4. The first-order chi connectivity index (χ1) is 21.8. The molecule has 1 N–H and O–H groups in total. The number of benzene rings is 2. The summed E-state index contributed by atoms with van der Waals surface area (Å²) >= 11 is 0. The summed E-state index contributed by atoms with van der Waals surface area (Å²) in [6.07, 6.45) is 2.97. The molecular weight excluding hydrogens is 581 g/mol. The van der Waals surface area contributed by atoms with Crippen LogP contribution in [0.1, 0.15) is 44.6 Å². The maximum absolute atomic E-state index is 17.0. The minimum atomic E-state index is -0.896. The molecule has 0 bridgehead atoms. The van der Waals surface area contributed by atoms with Crippen molar-refractivity contribution in [3.63, 3.8) is 0 Å². The second-order valence-electron chi connectivity index (χ2n) is 13.0. The number of hydrogen-bond donors (Lipinski definition) is 1. The standard InChI is InChI=1S/C34H37F3N6O2/c1-3-22-17-43-23(15-38-22)10-13-44-32-27-30(28(37)29(39-32)24-7-4-6-20-8-9-25(36)19(2)26(20)24)40-33(41-31(27)43)45-18-34-11-5-12-42(34)16-21(35)14-34/h4,6-9,21-23,38H,3,5,10-18H2,1-2H3/t21-,22-,23-,34+/m1/s1. The van der Waals surface area contributed by atoms with Crippen molar-refractivity contribution in [3.05, 3.63) is 47.5 Å². The molecule has 11 heteroatoms. The van der Waals surface area contributed by atoms with Crippen LogP contribution in [0.15, 0.2) is 30.3 Å². The van der Waals surface area contributed by atoms with Gasteiger partial charge in [-0.2, -0.15) is 9.97 Å². The Kier molecular flexibility index (Phi) is 7.01. The van der Waals surface area contributed by atoms with Crippen molar-refractivity contribution in [1.82, 2.24) is 25.2 Å². The number of hydrogen-bond acceptors (Lipinski definition) is 8. The van der Waals surface area contributed by atoms with Crippen molar-refractivity contribution in [1.29, 1.82) is 0 Å². The third kappa shape index (κ3) is 4.69. The fourth-order valence-electron chi connectivity index (χ4n) is 7.98. The highest BCUT2D eigenvalue weighted by Gasteiger charge is 2.49. The number of halogens is 3. The number of piperazine rings is 1. The second kappa shape index (κ2) is 11.0. The van der Waals surface area contributed by atoms with E-state index in [9.17, 15) is 8.78 Å². The highest BCUT2D eigenvalue weighted by molar-refractivity contribution is 6.02. The number of alkyl halides is 1. The zero-order chi connectivity index (χ0) is 30.9. The monoisotopic (exact) mass is 618 g/mol. The lowest BCUT2D eigenvalue weighted by molar-refractivity contribution is 0.107. The number of aromatic nitrogens is 3. The van der Waals surface area contributed by atoms with E-state index in [4.69, 9.17) is 19.4 Å². The Bertz CT molecular complexity index is 1810. The summed E-state index contributed by atoms with van der Waals surface area (Å²) in [5.41, 5.74) is 0.545. The summed E-state index contributed by atoms with van der Waals surface area (Å²) in [5.74, 6) is -0.244. The van der Waals surface area contributed by atoms with E-state index in [1.54, 1.807) is 19.1 Å². The van der Waals surface area contributed by atoms with Gasteiger partial charge in [0.15, 0.2) is 5.82 Å². The van der Waals surface area contributed by atoms with Gasteiger partial charge in [0.2, 0.25) is 5.88 Å². The van der Waals surface area contributed by atoms with Crippen LogP contribution in [-0.2, 0) is 0 Å². The molecule has 2 aromatic heterocycles. The lowest BCUT2D eigenvalue weighted by Crippen LogP contribution is -2.57. The van der Waals surface area contributed by atoms with Crippen molar-refractivity contribution in [2.24, 2.45) is 0 Å². The third-order valence-electron chi connectivity index (χ3n) is 10.4. The lowest BCUT2D eigenvalue weighted by Gasteiger charge is -2.42. The van der Waals surface area contributed by atoms with E-state index in [2.05, 4.69) is 27.0 Å². The van der Waals surface area contributed by atoms with Gasteiger partial charge in [-0.15, -0.1) is 0 Å². The van der Waals surface area contributed by atoms with Crippen LogP contribution >= 0.6 is 0 Å². The number of ether oxygens (including phenoxy) is 2. The predicted molar refractivity (Wildman–Crippen MR) is 167 cm³/mol. The summed E-state index contributed by atoms with van der Waals surface area (Å²) < 4.78 is 58.9. The molecule has 0 radical (unpaired) electrons. The van der Waals surface area contributed by atoms with E-state index in [1.807, 2.05) is 12.1 Å². The van der Waals surface area contributed by atoms with E-state index in [1.165, 1.54) is 6.07 Å². The number of fused-ring (bicyclic) bond motifs is 4. The van der Waals surface area contributed by atoms with Gasteiger partial charge in [-0.05, 0) is 55.1 Å². The Labute approximate surface area is 259 Å². The van der Waals surface area contributed by atoms with Gasteiger partial charge in [-0.25, -0.2) is 18.2 Å². The smallest absolute Gasteiger partial charge is 0.319 e. The molecule has 3 saturated heterocycles. The van der Waals surface area contributed by atoms with Crippen LogP contribution in [-0.4, -0.2) is 83.0 Å². The van der Waals surface area contributed by atoms with Crippen molar-refractivity contribution in [2.75, 3.05) is 44.3 Å². The van der Waals surface area contributed by atoms with Crippen molar-refractivity contribution in [3.8, 4) is 23.1 Å². The summed E-state index contributed by atoms with van der Waals surface area (Å²) in [6, 6.07) is 8.90. The van der Waals surface area contributed by atoms with E-state index in [-0.39, 0.29) is 47.6 Å². The highest BCUT2D eigenvalue weighted by Crippen LogP contribution is 2.44. The molecular formula is C34H37F3N6O2. The van der Waals surface area contributed by atoms with Crippen molar-refractivity contribution < 1.29 is 22.6 Å². The van der Waals surface area contributed by atoms with Gasteiger partial charge in [-0.3, -0.25) is 4.90 Å². The number of nitrogens with one attached hydrogen (secondary N) is 1. The molecule has 6 heterocycles. The summed E-state index contributed by atoms with van der Waals surface area (Å²) in [4.78, 5) is 18.7. The Morgan fingerprint density at radius 3 is 2.87 bits per heavy atom. The van der Waals surface area contributed by atoms with Crippen LogP contribution in [0.3, 0.4) is 0 Å². The molecule has 0 spiro atoms. The maximum Gasteiger partial charge on any atom is 0.319 e. The van der Waals surface area contributed by atoms with Gasteiger partial charge >= 0.3 is 6.01 Å². The Hall–Kier alpha value is -3.70. The number of rotatable bonds is 5. The molecule has 4 atom stereocenters. The van der Waals surface area contributed by atoms with E-state index >= 15 is 4.39 Å². The highest BCUT2D eigenvalue weighted by atomic mass is 19.1. The van der Waals surface area contributed by atoms with Crippen molar-refractivity contribution >= 4 is 27.5 Å². The van der Waals surface area contributed by atoms with E-state index < -0.39 is 17.5 Å². The van der Waals surface area contributed by atoms with Crippen LogP contribution in [0, 0.1) is 18.6 Å². The quantitative estimate of drug-likeness (QED) is 0.304. The molecule has 8 nitrogen and oxygen atoms in total. The minimum Gasteiger partial charge on any atom is -0.477 e. The van der Waals surface area contributed by atoms with Crippen molar-refractivity contribution in [2.45, 2.75) is 69.7 Å². The third-order valence-corrected chi connectivity index (χ3v) is 10.4. The molecule has 4 aliphatic rings. The van der Waals surface area contributed by atoms with E-state index in [0.717, 1.165) is 37.7 Å². The first-order valence-corrected chi connectivity index (χ1v) is 16.1. The number of pyridine rings is 1. The summed E-state index contributed by atoms with van der Waals surface area (Å²) in [6.45, 7) is 7.10. The SMILES string of the molecule is CC[C@@H]1CN2c3nc(OC[C@@]45CCCN4C[C@H](F)C5)nc4c(F)c(-c5cccc6ccc(F)c(C)c56)nc(c34)OCC[C@@H]2CN1. The fraction of sp³-hybridized carbons (Fsp3) is 0.500. The Morgan fingerprint density at radius 1 is 1.11 bits per heavy atom. The average Bonchev–Trinajstić information content (AvgIpc) is 3.57. The zero-order valence-electron chi connectivity index (χ0n) is 25.6. The molecule has 236 valence electrons. The maximum atomic E-state index is 17.0. The van der Waals surface area contributed by atoms with Gasteiger partial charge in [0.25, 0.3) is 0 Å². The van der Waals surface area contributed by atoms with Gasteiger partial charge in [0.05, 0.1) is 12.1 Å². The molecule has 0 aliphatic carbocycles. The van der Waals surface area contributed by atoms with Crippen LogP contribution in [0.5, 0.6) is 11.9 Å². The fourth-order valence-corrected chi connectivity index (χ4v) is 7.98. The number of nitrogens with zero attached hydrogens (tertiary/aromatic N) is 5. The molecule has 45 heavy (non-hydrogen) atoms. The lowest BCUT2D eigenvalue weighted by atomic mass is 9.95. The molecule has 0 saturated carbocycles. The second-order valence-corrected chi connectivity index (χ2v) is 13.0. The molecule has 4 aliphatic heterocycles. The molecule has 8 rings (SSSR count). The van der Waals surface area contributed by atoms with Crippen LogP contribution in [0.25, 0.3) is 32.9 Å².